The third kappa shape index (κ3) is 2.47. The van der Waals surface area contributed by atoms with Crippen molar-refractivity contribution < 1.29 is 4.79 Å². The van der Waals surface area contributed by atoms with E-state index >= 15 is 0 Å². The second kappa shape index (κ2) is 5.01. The molecule has 2 aliphatic heterocycles. The number of hydrogen-bond acceptors (Lipinski definition) is 3. The Morgan fingerprint density at radius 1 is 1.50 bits per heavy atom. The second-order valence-electron chi connectivity index (χ2n) is 4.94. The molecule has 2 saturated heterocycles. The summed E-state index contributed by atoms with van der Waals surface area (Å²) in [6.07, 6.45) is 1.06. The van der Waals surface area contributed by atoms with Gasteiger partial charge in [-0.1, -0.05) is 0 Å². The van der Waals surface area contributed by atoms with Gasteiger partial charge in [-0.25, -0.2) is 4.79 Å². The molecule has 0 aromatic rings. The van der Waals surface area contributed by atoms with Gasteiger partial charge >= 0.3 is 6.03 Å². The van der Waals surface area contributed by atoms with Gasteiger partial charge in [0, 0.05) is 32.7 Å². The zero-order valence-electron chi connectivity index (χ0n) is 10.3. The van der Waals surface area contributed by atoms with Crippen molar-refractivity contribution in [2.75, 3.05) is 53.4 Å². The number of carbonyl (C=O) groups is 1. The molecule has 1 N–H and O–H groups in total. The van der Waals surface area contributed by atoms with E-state index in [9.17, 15) is 4.79 Å². The monoisotopic (exact) mass is 226 g/mol. The number of piperazine rings is 1. The number of urea groups is 1. The minimum absolute atomic E-state index is 0.241. The van der Waals surface area contributed by atoms with Crippen molar-refractivity contribution in [3.8, 4) is 0 Å². The molecule has 0 radical (unpaired) electrons. The summed E-state index contributed by atoms with van der Waals surface area (Å²) in [4.78, 5) is 18.2. The van der Waals surface area contributed by atoms with E-state index in [1.807, 2.05) is 9.80 Å². The molecule has 2 amide bonds. The molecule has 2 heterocycles. The Labute approximate surface area is 97.4 Å². The zero-order valence-corrected chi connectivity index (χ0v) is 10.3. The van der Waals surface area contributed by atoms with Gasteiger partial charge in [-0.05, 0) is 27.1 Å². The Bertz CT molecular complexity index is 256. The summed E-state index contributed by atoms with van der Waals surface area (Å²) in [6.45, 7) is 5.60. The number of nitrogens with one attached hydrogen (secondary N) is 1. The average molecular weight is 226 g/mol. The van der Waals surface area contributed by atoms with E-state index in [-0.39, 0.29) is 6.03 Å². The van der Waals surface area contributed by atoms with Crippen molar-refractivity contribution in [3.63, 3.8) is 0 Å². The molecule has 0 aromatic heterocycles. The smallest absolute Gasteiger partial charge is 0.320 e. The summed E-state index contributed by atoms with van der Waals surface area (Å²) in [5.41, 5.74) is 0. The first-order valence-electron chi connectivity index (χ1n) is 6.09. The first kappa shape index (κ1) is 11.7. The summed E-state index contributed by atoms with van der Waals surface area (Å²) < 4.78 is 0. The molecule has 0 aromatic carbocycles. The van der Waals surface area contributed by atoms with Gasteiger partial charge in [0.1, 0.15) is 0 Å². The topological polar surface area (TPSA) is 38.8 Å². The number of fused-ring (bicyclic) bond motifs is 1. The van der Waals surface area contributed by atoms with E-state index in [4.69, 9.17) is 0 Å². The SMILES string of the molecule is CN(C)CCCN1CC2CNCCN2C1=O. The van der Waals surface area contributed by atoms with Crippen LogP contribution >= 0.6 is 0 Å². The van der Waals surface area contributed by atoms with Crippen LogP contribution in [-0.2, 0) is 0 Å². The number of nitrogens with zero attached hydrogens (tertiary/aromatic N) is 3. The average Bonchev–Trinajstić information content (AvgIpc) is 2.56. The first-order chi connectivity index (χ1) is 7.68. The summed E-state index contributed by atoms with van der Waals surface area (Å²) in [5, 5.41) is 3.34. The van der Waals surface area contributed by atoms with Gasteiger partial charge in [0.25, 0.3) is 0 Å². The normalized spacial score (nSPS) is 25.4. The Morgan fingerprint density at radius 3 is 3.00 bits per heavy atom. The number of carbonyl (C=O) groups excluding carboxylic acids is 1. The van der Waals surface area contributed by atoms with Crippen molar-refractivity contribution in [3.05, 3.63) is 0 Å². The van der Waals surface area contributed by atoms with Crippen LogP contribution in [-0.4, -0.2) is 80.1 Å². The largest absolute Gasteiger partial charge is 0.322 e. The van der Waals surface area contributed by atoms with Gasteiger partial charge in [-0.3, -0.25) is 0 Å². The maximum atomic E-state index is 12.0. The predicted octanol–water partition coefficient (Wildman–Crippen LogP) is -0.352. The highest BCUT2D eigenvalue weighted by Gasteiger charge is 2.37. The van der Waals surface area contributed by atoms with Crippen molar-refractivity contribution in [1.29, 1.82) is 0 Å². The Hall–Kier alpha value is -0.810. The minimum atomic E-state index is 0.241. The molecule has 2 aliphatic rings. The summed E-state index contributed by atoms with van der Waals surface area (Å²) in [7, 11) is 4.14. The fourth-order valence-corrected chi connectivity index (χ4v) is 2.45. The quantitative estimate of drug-likeness (QED) is 0.712. The molecule has 92 valence electrons. The summed E-state index contributed by atoms with van der Waals surface area (Å²) >= 11 is 0. The highest BCUT2D eigenvalue weighted by molar-refractivity contribution is 5.77. The number of amides is 2. The van der Waals surface area contributed by atoms with Crippen LogP contribution < -0.4 is 5.32 Å². The van der Waals surface area contributed by atoms with E-state index in [1.54, 1.807) is 0 Å². The lowest BCUT2D eigenvalue weighted by Crippen LogP contribution is -2.49. The van der Waals surface area contributed by atoms with Gasteiger partial charge in [0.15, 0.2) is 0 Å². The molecule has 2 fully saturated rings. The molecule has 0 spiro atoms. The molecule has 0 saturated carbocycles. The van der Waals surface area contributed by atoms with Crippen LogP contribution in [0, 0.1) is 0 Å². The van der Waals surface area contributed by atoms with E-state index in [0.29, 0.717) is 6.04 Å². The lowest BCUT2D eigenvalue weighted by molar-refractivity contribution is 0.178. The lowest BCUT2D eigenvalue weighted by atomic mass is 10.2. The number of rotatable bonds is 4. The first-order valence-corrected chi connectivity index (χ1v) is 6.09. The van der Waals surface area contributed by atoms with Crippen LogP contribution in [0.4, 0.5) is 4.79 Å². The number of hydrogen-bond donors (Lipinski definition) is 1. The molecule has 2 rings (SSSR count). The minimum Gasteiger partial charge on any atom is -0.322 e. The standard InChI is InChI=1S/C11H22N4O/c1-13(2)5-3-6-14-9-10-8-12-4-7-15(10)11(14)16/h10,12H,3-9H2,1-2H3. The second-order valence-corrected chi connectivity index (χ2v) is 4.94. The fraction of sp³-hybridized carbons (Fsp3) is 0.909. The highest BCUT2D eigenvalue weighted by Crippen LogP contribution is 2.17. The zero-order chi connectivity index (χ0) is 11.5. The highest BCUT2D eigenvalue weighted by atomic mass is 16.2. The molecule has 0 bridgehead atoms. The van der Waals surface area contributed by atoms with Crippen LogP contribution in [0.1, 0.15) is 6.42 Å². The van der Waals surface area contributed by atoms with Crippen molar-refractivity contribution in [2.24, 2.45) is 0 Å². The van der Waals surface area contributed by atoms with E-state index in [0.717, 1.165) is 45.7 Å². The third-order valence-electron chi connectivity index (χ3n) is 3.33. The van der Waals surface area contributed by atoms with E-state index < -0.39 is 0 Å². The molecule has 16 heavy (non-hydrogen) atoms. The van der Waals surface area contributed by atoms with Gasteiger partial charge in [0.05, 0.1) is 6.04 Å². The molecule has 1 atom stereocenters. The molecule has 0 aliphatic carbocycles. The van der Waals surface area contributed by atoms with Crippen LogP contribution in [0.5, 0.6) is 0 Å². The van der Waals surface area contributed by atoms with Crippen molar-refractivity contribution in [2.45, 2.75) is 12.5 Å². The van der Waals surface area contributed by atoms with E-state index in [1.165, 1.54) is 0 Å². The maximum Gasteiger partial charge on any atom is 0.320 e. The van der Waals surface area contributed by atoms with Gasteiger partial charge < -0.3 is 20.0 Å². The predicted molar refractivity (Wildman–Crippen MR) is 63.5 cm³/mol. The van der Waals surface area contributed by atoms with Gasteiger partial charge in [0.2, 0.25) is 0 Å². The van der Waals surface area contributed by atoms with Crippen LogP contribution in [0.3, 0.4) is 0 Å². The molecule has 5 nitrogen and oxygen atoms in total. The van der Waals surface area contributed by atoms with Crippen LogP contribution in [0.2, 0.25) is 0 Å². The van der Waals surface area contributed by atoms with Gasteiger partial charge in [-0.2, -0.15) is 0 Å². The van der Waals surface area contributed by atoms with E-state index in [2.05, 4.69) is 24.3 Å². The fourth-order valence-electron chi connectivity index (χ4n) is 2.45. The third-order valence-corrected chi connectivity index (χ3v) is 3.33. The lowest BCUT2D eigenvalue weighted by Gasteiger charge is -2.28. The van der Waals surface area contributed by atoms with Gasteiger partial charge in [-0.15, -0.1) is 0 Å². The summed E-state index contributed by atoms with van der Waals surface area (Å²) in [5.74, 6) is 0. The molecular formula is C11H22N4O. The Balaban J connectivity index is 1.81. The molecule has 1 unspecified atom stereocenters. The van der Waals surface area contributed by atoms with Crippen molar-refractivity contribution in [1.82, 2.24) is 20.0 Å². The van der Waals surface area contributed by atoms with Crippen LogP contribution in [0.25, 0.3) is 0 Å². The molecular weight excluding hydrogens is 204 g/mol. The Kier molecular flexibility index (Phi) is 3.66. The van der Waals surface area contributed by atoms with Crippen LogP contribution in [0.15, 0.2) is 0 Å². The Morgan fingerprint density at radius 2 is 2.31 bits per heavy atom. The molecule has 5 heteroatoms. The van der Waals surface area contributed by atoms with Crippen molar-refractivity contribution >= 4 is 6.03 Å². The maximum absolute atomic E-state index is 12.0. The summed E-state index contributed by atoms with van der Waals surface area (Å²) in [6, 6.07) is 0.644.